The molecule has 5 nitrogen and oxygen atoms in total. The fraction of sp³-hybridized carbons (Fsp3) is 0.375. The van der Waals surface area contributed by atoms with Gasteiger partial charge in [-0.05, 0) is 6.07 Å². The Kier molecular flexibility index (Phi) is 3.29. The highest BCUT2D eigenvalue weighted by Crippen LogP contribution is 1.99. The predicted molar refractivity (Wildman–Crippen MR) is 50.7 cm³/mol. The summed E-state index contributed by atoms with van der Waals surface area (Å²) in [6, 6.07) is 1.46. The maximum Gasteiger partial charge on any atom is 0.182 e. The Morgan fingerprint density at radius 2 is 2.21 bits per heavy atom. The number of rotatable bonds is 4. The number of sulfone groups is 1. The highest BCUT2D eigenvalue weighted by molar-refractivity contribution is 7.90. The van der Waals surface area contributed by atoms with Crippen molar-refractivity contribution in [1.29, 1.82) is 0 Å². The molecule has 1 heterocycles. The maximum absolute atomic E-state index is 11.3. The lowest BCUT2D eigenvalue weighted by Crippen LogP contribution is -2.10. The molecule has 0 fully saturated rings. The van der Waals surface area contributed by atoms with E-state index in [1.54, 1.807) is 0 Å². The van der Waals surface area contributed by atoms with Crippen LogP contribution < -0.4 is 0 Å². The van der Waals surface area contributed by atoms with Crippen molar-refractivity contribution in [2.24, 2.45) is 0 Å². The molecule has 0 aliphatic rings. The van der Waals surface area contributed by atoms with Crippen LogP contribution in [0.5, 0.6) is 0 Å². The Labute approximate surface area is 82.1 Å². The minimum absolute atomic E-state index is 0.0319. The van der Waals surface area contributed by atoms with Crippen LogP contribution in [0.4, 0.5) is 0 Å². The summed E-state index contributed by atoms with van der Waals surface area (Å²) in [4.78, 5) is 18.7. The number of hydrogen-bond donors (Lipinski definition) is 0. The van der Waals surface area contributed by atoms with Gasteiger partial charge in [0, 0.05) is 18.9 Å². The predicted octanol–water partition coefficient (Wildman–Crippen LogP) is 0.0940. The van der Waals surface area contributed by atoms with Crippen molar-refractivity contribution in [2.75, 3.05) is 12.0 Å². The molecular formula is C8H10N2O3S. The Balaban J connectivity index is 2.61. The lowest BCUT2D eigenvalue weighted by Gasteiger charge is -1.97. The molecule has 0 radical (unpaired) electrons. The van der Waals surface area contributed by atoms with Crippen LogP contribution in [0, 0.1) is 0 Å². The molecule has 0 aliphatic heterocycles. The molecule has 0 saturated carbocycles. The second-order valence-electron chi connectivity index (χ2n) is 2.90. The van der Waals surface area contributed by atoms with E-state index >= 15 is 0 Å². The lowest BCUT2D eigenvalue weighted by molar-refractivity contribution is 0.0984. The van der Waals surface area contributed by atoms with E-state index < -0.39 is 9.84 Å². The number of carbonyl (C=O) groups is 1. The first kappa shape index (κ1) is 10.8. The normalized spacial score (nSPS) is 11.2. The molecule has 1 aromatic rings. The second-order valence-corrected chi connectivity index (χ2v) is 5.16. The fourth-order valence-electron chi connectivity index (χ4n) is 0.862. The average molecular weight is 214 g/mol. The number of ketones is 1. The topological polar surface area (TPSA) is 77.0 Å². The van der Waals surface area contributed by atoms with Crippen LogP contribution in [0.15, 0.2) is 18.6 Å². The van der Waals surface area contributed by atoms with Gasteiger partial charge in [-0.2, -0.15) is 0 Å². The number of hydrogen-bond acceptors (Lipinski definition) is 5. The number of Topliss-reactive ketones (excluding diaryl/α,β-unsaturated/α-hetero) is 1. The van der Waals surface area contributed by atoms with Gasteiger partial charge >= 0.3 is 0 Å². The van der Waals surface area contributed by atoms with Crippen LogP contribution >= 0.6 is 0 Å². The summed E-state index contributed by atoms with van der Waals surface area (Å²) in [6.07, 6.45) is 3.77. The Hall–Kier alpha value is -1.30. The van der Waals surface area contributed by atoms with E-state index in [1.807, 2.05) is 0 Å². The Morgan fingerprint density at radius 3 is 2.71 bits per heavy atom. The molecule has 6 heteroatoms. The number of nitrogens with zero attached hydrogens (tertiary/aromatic N) is 2. The first-order valence-electron chi connectivity index (χ1n) is 3.96. The van der Waals surface area contributed by atoms with Crippen LogP contribution in [0.3, 0.4) is 0 Å². The van der Waals surface area contributed by atoms with Crippen LogP contribution in [-0.4, -0.2) is 36.2 Å². The van der Waals surface area contributed by atoms with Gasteiger partial charge in [0.05, 0.1) is 5.75 Å². The SMILES string of the molecule is CS(=O)(=O)CCC(=O)c1ccncn1. The van der Waals surface area contributed by atoms with Gasteiger partial charge in [0.15, 0.2) is 5.78 Å². The highest BCUT2D eigenvalue weighted by Gasteiger charge is 2.10. The van der Waals surface area contributed by atoms with Crippen LogP contribution in [0.2, 0.25) is 0 Å². The minimum Gasteiger partial charge on any atom is -0.292 e. The molecule has 14 heavy (non-hydrogen) atoms. The molecule has 0 aromatic carbocycles. The van der Waals surface area contributed by atoms with Crippen molar-refractivity contribution < 1.29 is 13.2 Å². The lowest BCUT2D eigenvalue weighted by atomic mass is 10.2. The van der Waals surface area contributed by atoms with E-state index in [-0.39, 0.29) is 23.7 Å². The molecule has 0 bridgehead atoms. The Morgan fingerprint density at radius 1 is 1.50 bits per heavy atom. The zero-order chi connectivity index (χ0) is 10.6. The van der Waals surface area contributed by atoms with E-state index in [0.29, 0.717) is 0 Å². The fourth-order valence-corrected chi connectivity index (χ4v) is 1.42. The third kappa shape index (κ3) is 3.61. The van der Waals surface area contributed by atoms with E-state index in [2.05, 4.69) is 9.97 Å². The molecule has 0 N–H and O–H groups in total. The van der Waals surface area contributed by atoms with Crippen molar-refractivity contribution in [1.82, 2.24) is 9.97 Å². The molecular weight excluding hydrogens is 204 g/mol. The first-order chi connectivity index (χ1) is 6.49. The van der Waals surface area contributed by atoms with Gasteiger partial charge in [-0.1, -0.05) is 0 Å². The van der Waals surface area contributed by atoms with E-state index in [1.165, 1.54) is 18.6 Å². The van der Waals surface area contributed by atoms with Crippen LogP contribution in [0.1, 0.15) is 16.9 Å². The third-order valence-corrected chi connectivity index (χ3v) is 2.51. The third-order valence-electron chi connectivity index (χ3n) is 1.57. The quantitative estimate of drug-likeness (QED) is 0.664. The highest BCUT2D eigenvalue weighted by atomic mass is 32.2. The van der Waals surface area contributed by atoms with E-state index in [4.69, 9.17) is 0 Å². The monoisotopic (exact) mass is 214 g/mol. The Bertz CT molecular complexity index is 413. The summed E-state index contributed by atoms with van der Waals surface area (Å²) in [5.41, 5.74) is 0.253. The minimum atomic E-state index is -3.09. The molecule has 0 aliphatic carbocycles. The van der Waals surface area contributed by atoms with Crippen molar-refractivity contribution >= 4 is 15.6 Å². The first-order valence-corrected chi connectivity index (χ1v) is 6.02. The molecule has 0 amide bonds. The summed E-state index contributed by atoms with van der Waals surface area (Å²) in [7, 11) is -3.09. The molecule has 1 aromatic heterocycles. The molecule has 0 spiro atoms. The van der Waals surface area contributed by atoms with Crippen LogP contribution in [-0.2, 0) is 9.84 Å². The summed E-state index contributed by atoms with van der Waals surface area (Å²) in [5, 5.41) is 0. The molecule has 1 rings (SSSR count). The van der Waals surface area contributed by atoms with Gasteiger partial charge in [0.1, 0.15) is 21.9 Å². The van der Waals surface area contributed by atoms with Gasteiger partial charge in [0.2, 0.25) is 0 Å². The molecule has 76 valence electrons. The van der Waals surface area contributed by atoms with E-state index in [9.17, 15) is 13.2 Å². The van der Waals surface area contributed by atoms with Gasteiger partial charge in [-0.25, -0.2) is 18.4 Å². The smallest absolute Gasteiger partial charge is 0.182 e. The van der Waals surface area contributed by atoms with Crippen molar-refractivity contribution in [3.63, 3.8) is 0 Å². The maximum atomic E-state index is 11.3. The average Bonchev–Trinajstić information content (AvgIpc) is 2.14. The van der Waals surface area contributed by atoms with Crippen molar-refractivity contribution in [3.05, 3.63) is 24.3 Å². The number of carbonyl (C=O) groups excluding carboxylic acids is 1. The zero-order valence-corrected chi connectivity index (χ0v) is 8.49. The van der Waals surface area contributed by atoms with Crippen LogP contribution in [0.25, 0.3) is 0 Å². The molecule has 0 unspecified atom stereocenters. The van der Waals surface area contributed by atoms with Crippen molar-refractivity contribution in [3.8, 4) is 0 Å². The second kappa shape index (κ2) is 4.28. The zero-order valence-electron chi connectivity index (χ0n) is 7.67. The summed E-state index contributed by atoms with van der Waals surface area (Å²) in [5.74, 6) is -0.423. The van der Waals surface area contributed by atoms with Gasteiger partial charge in [-0.15, -0.1) is 0 Å². The van der Waals surface area contributed by atoms with Gasteiger partial charge in [-0.3, -0.25) is 4.79 Å². The standard InChI is InChI=1S/C8H10N2O3S/c1-14(12,13)5-3-8(11)7-2-4-9-6-10-7/h2,4,6H,3,5H2,1H3. The van der Waals surface area contributed by atoms with E-state index in [0.717, 1.165) is 6.26 Å². The number of aromatic nitrogens is 2. The van der Waals surface area contributed by atoms with Gasteiger partial charge in [0.25, 0.3) is 0 Å². The summed E-state index contributed by atoms with van der Waals surface area (Å²) < 4.78 is 21.6. The molecule has 0 atom stereocenters. The summed E-state index contributed by atoms with van der Waals surface area (Å²) in [6.45, 7) is 0. The largest absolute Gasteiger partial charge is 0.292 e. The summed E-state index contributed by atoms with van der Waals surface area (Å²) >= 11 is 0. The van der Waals surface area contributed by atoms with Gasteiger partial charge < -0.3 is 0 Å². The van der Waals surface area contributed by atoms with Crippen molar-refractivity contribution in [2.45, 2.75) is 6.42 Å². The molecule has 0 saturated heterocycles.